The van der Waals surface area contributed by atoms with Gasteiger partial charge in [-0.2, -0.15) is 0 Å². The van der Waals surface area contributed by atoms with Crippen LogP contribution in [0.2, 0.25) is 0 Å². The first-order chi connectivity index (χ1) is 14.6. The number of hydrogen-bond donors (Lipinski definition) is 2. The third kappa shape index (κ3) is 2.54. The molecule has 0 saturated carbocycles. The molecular formula is C22H16FN5OS. The Morgan fingerprint density at radius 1 is 1.23 bits per heavy atom. The Labute approximate surface area is 174 Å². The van der Waals surface area contributed by atoms with Gasteiger partial charge in [0.2, 0.25) is 0 Å². The molecule has 4 aromatic heterocycles. The number of thiazole rings is 1. The third-order valence-electron chi connectivity index (χ3n) is 5.67. The van der Waals surface area contributed by atoms with E-state index in [1.165, 1.54) is 23.6 Å². The smallest absolute Gasteiger partial charge is 0.149 e. The lowest BCUT2D eigenvalue weighted by Crippen LogP contribution is -2.25. The topological polar surface area (TPSA) is 79.6 Å². The lowest BCUT2D eigenvalue weighted by atomic mass is 9.90. The van der Waals surface area contributed by atoms with Crippen LogP contribution in [0.25, 0.3) is 32.9 Å². The van der Waals surface area contributed by atoms with E-state index in [0.29, 0.717) is 23.3 Å². The molecule has 148 valence electrons. The van der Waals surface area contributed by atoms with Crippen LogP contribution >= 0.6 is 11.3 Å². The van der Waals surface area contributed by atoms with Crippen molar-refractivity contribution in [1.29, 1.82) is 0 Å². The number of imidazole rings is 1. The van der Waals surface area contributed by atoms with E-state index >= 15 is 0 Å². The van der Waals surface area contributed by atoms with Gasteiger partial charge in [0.15, 0.2) is 0 Å². The van der Waals surface area contributed by atoms with Crippen molar-refractivity contribution < 1.29 is 9.50 Å². The maximum absolute atomic E-state index is 13.7. The average molecular weight is 417 g/mol. The first kappa shape index (κ1) is 17.5. The summed E-state index contributed by atoms with van der Waals surface area (Å²) in [6, 6.07) is 9.27. The highest BCUT2D eigenvalue weighted by Crippen LogP contribution is 2.39. The first-order valence-electron chi connectivity index (χ1n) is 9.55. The highest BCUT2D eigenvalue weighted by Gasteiger charge is 2.40. The molecule has 2 N–H and O–H groups in total. The molecule has 0 fully saturated rings. The Morgan fingerprint density at radius 3 is 3.10 bits per heavy atom. The Balaban J connectivity index is 1.40. The van der Waals surface area contributed by atoms with E-state index < -0.39 is 5.60 Å². The number of aromatic nitrogens is 5. The molecule has 8 heteroatoms. The van der Waals surface area contributed by atoms with Crippen molar-refractivity contribution in [3.63, 3.8) is 0 Å². The molecule has 1 atom stereocenters. The van der Waals surface area contributed by atoms with Gasteiger partial charge in [-0.1, -0.05) is 18.2 Å². The van der Waals surface area contributed by atoms with Crippen LogP contribution in [0.4, 0.5) is 4.39 Å². The van der Waals surface area contributed by atoms with Crippen LogP contribution in [0.1, 0.15) is 17.8 Å². The Morgan fingerprint density at radius 2 is 2.17 bits per heavy atom. The van der Waals surface area contributed by atoms with E-state index in [1.54, 1.807) is 12.4 Å². The number of nitrogens with zero attached hydrogens (tertiary/aromatic N) is 4. The molecule has 5 aromatic rings. The van der Waals surface area contributed by atoms with Crippen LogP contribution in [0.5, 0.6) is 0 Å². The number of nitrogens with one attached hydrogen (secondary N) is 1. The molecule has 0 bridgehead atoms. The Hall–Kier alpha value is -3.36. The lowest BCUT2D eigenvalue weighted by molar-refractivity contribution is 0.0786. The van der Waals surface area contributed by atoms with Gasteiger partial charge in [0, 0.05) is 53.4 Å². The summed E-state index contributed by atoms with van der Waals surface area (Å²) >= 11 is 1.49. The summed E-state index contributed by atoms with van der Waals surface area (Å²) in [4.78, 5) is 16.3. The molecule has 0 spiro atoms. The van der Waals surface area contributed by atoms with Crippen molar-refractivity contribution in [3.05, 3.63) is 77.7 Å². The molecule has 1 aliphatic rings. The van der Waals surface area contributed by atoms with E-state index in [4.69, 9.17) is 4.98 Å². The zero-order valence-electron chi connectivity index (χ0n) is 15.7. The van der Waals surface area contributed by atoms with Crippen molar-refractivity contribution in [1.82, 2.24) is 24.5 Å². The van der Waals surface area contributed by atoms with Crippen LogP contribution in [0.15, 0.2) is 60.5 Å². The molecule has 5 heterocycles. The minimum Gasteiger partial charge on any atom is -0.377 e. The minimum atomic E-state index is -1.10. The third-order valence-corrected chi connectivity index (χ3v) is 6.54. The second-order valence-corrected chi connectivity index (χ2v) is 8.28. The summed E-state index contributed by atoms with van der Waals surface area (Å²) in [5.41, 5.74) is 2.87. The van der Waals surface area contributed by atoms with E-state index in [1.807, 2.05) is 40.4 Å². The quantitative estimate of drug-likeness (QED) is 0.458. The second kappa shape index (κ2) is 6.32. The van der Waals surface area contributed by atoms with Crippen LogP contribution < -0.4 is 0 Å². The summed E-state index contributed by atoms with van der Waals surface area (Å²) in [7, 11) is 0. The van der Waals surface area contributed by atoms with Gasteiger partial charge in [0.25, 0.3) is 0 Å². The van der Waals surface area contributed by atoms with Gasteiger partial charge < -0.3 is 14.7 Å². The van der Waals surface area contributed by atoms with Gasteiger partial charge in [-0.05, 0) is 17.7 Å². The Kier molecular flexibility index (Phi) is 3.68. The molecule has 6 nitrogen and oxygen atoms in total. The van der Waals surface area contributed by atoms with Crippen LogP contribution in [0.3, 0.4) is 0 Å². The number of aliphatic hydroxyl groups is 1. The van der Waals surface area contributed by atoms with Crippen LogP contribution in [-0.4, -0.2) is 29.6 Å². The van der Waals surface area contributed by atoms with E-state index in [0.717, 1.165) is 33.9 Å². The number of rotatable bonds is 3. The van der Waals surface area contributed by atoms with Gasteiger partial charge in [0.1, 0.15) is 27.9 Å². The molecule has 0 amide bonds. The predicted molar refractivity (Wildman–Crippen MR) is 112 cm³/mol. The van der Waals surface area contributed by atoms with Gasteiger partial charge >= 0.3 is 0 Å². The largest absolute Gasteiger partial charge is 0.377 e. The number of aromatic amines is 1. The van der Waals surface area contributed by atoms with Crippen LogP contribution in [0, 0.1) is 5.82 Å². The fourth-order valence-electron chi connectivity index (χ4n) is 4.14. The maximum Gasteiger partial charge on any atom is 0.149 e. The SMILES string of the molecule is O[C@@]1(c2cccc(-c3csc(-c4c[nH]c5ncc(F)cc45)n3)c2)CCn2ccnc21. The van der Waals surface area contributed by atoms with E-state index in [-0.39, 0.29) is 5.82 Å². The summed E-state index contributed by atoms with van der Waals surface area (Å²) in [5.74, 6) is 0.294. The second-order valence-electron chi connectivity index (χ2n) is 7.43. The zero-order valence-corrected chi connectivity index (χ0v) is 16.5. The number of hydrogen-bond acceptors (Lipinski definition) is 5. The number of H-pyrrole nitrogens is 1. The van der Waals surface area contributed by atoms with Gasteiger partial charge in [-0.25, -0.2) is 19.3 Å². The van der Waals surface area contributed by atoms with Gasteiger partial charge in [-0.15, -0.1) is 11.3 Å². The van der Waals surface area contributed by atoms with Crippen molar-refractivity contribution in [2.75, 3.05) is 0 Å². The summed E-state index contributed by atoms with van der Waals surface area (Å²) in [6.45, 7) is 0.738. The molecule has 6 rings (SSSR count). The highest BCUT2D eigenvalue weighted by atomic mass is 32.1. The molecule has 0 aliphatic carbocycles. The molecule has 0 saturated heterocycles. The van der Waals surface area contributed by atoms with Crippen molar-refractivity contribution >= 4 is 22.4 Å². The first-order valence-corrected chi connectivity index (χ1v) is 10.4. The number of halogens is 1. The van der Waals surface area contributed by atoms with Gasteiger partial charge in [-0.3, -0.25) is 0 Å². The molecule has 1 aromatic carbocycles. The standard InChI is InChI=1S/C22H16FN5OS/c23-15-9-16-17(11-26-19(16)25-10-15)20-27-18(12-30-20)13-2-1-3-14(8-13)22(29)4-6-28-7-5-24-21(22)28/h1-3,5,7-12,29H,4,6H2,(H,25,26)/t22-/m1/s1. The van der Waals surface area contributed by atoms with Crippen molar-refractivity contribution in [2.45, 2.75) is 18.6 Å². The molecule has 30 heavy (non-hydrogen) atoms. The lowest BCUT2D eigenvalue weighted by Gasteiger charge is -2.22. The molecule has 0 unspecified atom stereocenters. The fourth-order valence-corrected chi connectivity index (χ4v) is 5.00. The summed E-state index contributed by atoms with van der Waals surface area (Å²) in [5, 5.41) is 14.8. The number of pyridine rings is 1. The molecular weight excluding hydrogens is 401 g/mol. The predicted octanol–water partition coefficient (Wildman–Crippen LogP) is 4.33. The maximum atomic E-state index is 13.7. The summed E-state index contributed by atoms with van der Waals surface area (Å²) < 4.78 is 15.7. The number of fused-ring (bicyclic) bond motifs is 2. The number of aryl methyl sites for hydroxylation is 1. The minimum absolute atomic E-state index is 0.379. The van der Waals surface area contributed by atoms with E-state index in [9.17, 15) is 9.50 Å². The fraction of sp³-hybridized carbons (Fsp3) is 0.136. The zero-order chi connectivity index (χ0) is 20.3. The van der Waals surface area contributed by atoms with Crippen molar-refractivity contribution in [3.8, 4) is 21.8 Å². The van der Waals surface area contributed by atoms with Crippen LogP contribution in [-0.2, 0) is 12.1 Å². The summed E-state index contributed by atoms with van der Waals surface area (Å²) in [6.07, 6.45) is 7.20. The number of benzene rings is 1. The molecule has 0 radical (unpaired) electrons. The van der Waals surface area contributed by atoms with Gasteiger partial charge in [0.05, 0.1) is 11.9 Å². The average Bonchev–Trinajstić information content (AvgIpc) is 3.53. The molecule has 1 aliphatic heterocycles. The normalized spacial score (nSPS) is 18.2. The van der Waals surface area contributed by atoms with E-state index in [2.05, 4.69) is 15.0 Å². The monoisotopic (exact) mass is 417 g/mol. The van der Waals surface area contributed by atoms with Crippen molar-refractivity contribution in [2.24, 2.45) is 0 Å². The Bertz CT molecular complexity index is 1400. The highest BCUT2D eigenvalue weighted by molar-refractivity contribution is 7.13.